The second-order valence-corrected chi connectivity index (χ2v) is 4.26. The molecule has 0 fully saturated rings. The number of halogens is 1. The van der Waals surface area contributed by atoms with Crippen LogP contribution in [-0.4, -0.2) is 7.11 Å². The van der Waals surface area contributed by atoms with Gasteiger partial charge in [0.1, 0.15) is 5.75 Å². The van der Waals surface area contributed by atoms with Crippen molar-refractivity contribution in [1.82, 2.24) is 0 Å². The number of furan rings is 1. The molecule has 0 bridgehead atoms. The third-order valence-corrected chi connectivity index (χ3v) is 2.86. The maximum atomic E-state index is 6.15. The minimum absolute atomic E-state index is 0.166. The molecule has 2 N–H and O–H groups in total. The molecule has 0 aliphatic carbocycles. The van der Waals surface area contributed by atoms with E-state index in [1.807, 2.05) is 18.2 Å². The van der Waals surface area contributed by atoms with Gasteiger partial charge in [0.15, 0.2) is 0 Å². The molecular formula is C13H14ClNO2. The normalized spacial score (nSPS) is 12.4. The van der Waals surface area contributed by atoms with Gasteiger partial charge in [-0.25, -0.2) is 0 Å². The molecular weight excluding hydrogens is 238 g/mol. The quantitative estimate of drug-likeness (QED) is 0.908. The van der Waals surface area contributed by atoms with Crippen LogP contribution in [0.4, 0.5) is 0 Å². The van der Waals surface area contributed by atoms with Crippen molar-refractivity contribution >= 4 is 11.6 Å². The molecule has 1 aromatic heterocycles. The van der Waals surface area contributed by atoms with Crippen LogP contribution in [0.25, 0.3) is 0 Å². The molecule has 3 nitrogen and oxygen atoms in total. The zero-order chi connectivity index (χ0) is 12.3. The monoisotopic (exact) mass is 251 g/mol. The highest BCUT2D eigenvalue weighted by atomic mass is 35.5. The summed E-state index contributed by atoms with van der Waals surface area (Å²) >= 11 is 5.97. The Kier molecular flexibility index (Phi) is 3.71. The Balaban J connectivity index is 2.23. The topological polar surface area (TPSA) is 48.4 Å². The van der Waals surface area contributed by atoms with Gasteiger partial charge in [-0.05, 0) is 36.2 Å². The number of rotatable bonds is 4. The van der Waals surface area contributed by atoms with E-state index in [2.05, 4.69) is 0 Å². The Hall–Kier alpha value is -1.45. The smallest absolute Gasteiger partial charge is 0.123 e. The van der Waals surface area contributed by atoms with Gasteiger partial charge in [0.05, 0.1) is 19.6 Å². The SMILES string of the molecule is COc1ccc(Cl)cc1C(N)Cc1ccoc1. The van der Waals surface area contributed by atoms with Crippen LogP contribution < -0.4 is 10.5 Å². The van der Waals surface area contributed by atoms with Gasteiger partial charge in [0, 0.05) is 16.6 Å². The maximum Gasteiger partial charge on any atom is 0.123 e. The van der Waals surface area contributed by atoms with Crippen LogP contribution >= 0.6 is 11.6 Å². The van der Waals surface area contributed by atoms with Crippen molar-refractivity contribution < 1.29 is 9.15 Å². The molecule has 1 aromatic carbocycles. The van der Waals surface area contributed by atoms with Crippen LogP contribution in [0.1, 0.15) is 17.2 Å². The minimum Gasteiger partial charge on any atom is -0.496 e. The first-order valence-corrected chi connectivity index (χ1v) is 5.68. The Bertz CT molecular complexity index is 482. The molecule has 0 saturated heterocycles. The molecule has 0 aliphatic rings. The Morgan fingerprint density at radius 1 is 1.41 bits per heavy atom. The molecule has 2 aromatic rings. The van der Waals surface area contributed by atoms with Gasteiger partial charge >= 0.3 is 0 Å². The fourth-order valence-corrected chi connectivity index (χ4v) is 1.95. The van der Waals surface area contributed by atoms with Crippen molar-refractivity contribution in [2.45, 2.75) is 12.5 Å². The number of hydrogen-bond donors (Lipinski definition) is 1. The molecule has 0 spiro atoms. The number of hydrogen-bond acceptors (Lipinski definition) is 3. The van der Waals surface area contributed by atoms with E-state index in [1.165, 1.54) is 0 Å². The summed E-state index contributed by atoms with van der Waals surface area (Å²) in [6.45, 7) is 0. The van der Waals surface area contributed by atoms with Gasteiger partial charge in [-0.2, -0.15) is 0 Å². The lowest BCUT2D eigenvalue weighted by Crippen LogP contribution is -2.14. The molecule has 90 valence electrons. The summed E-state index contributed by atoms with van der Waals surface area (Å²) in [7, 11) is 1.62. The highest BCUT2D eigenvalue weighted by molar-refractivity contribution is 6.30. The summed E-state index contributed by atoms with van der Waals surface area (Å²) in [5.41, 5.74) is 8.11. The van der Waals surface area contributed by atoms with Crippen LogP contribution in [0.3, 0.4) is 0 Å². The van der Waals surface area contributed by atoms with Gasteiger partial charge in [0.2, 0.25) is 0 Å². The number of benzene rings is 1. The Labute approximate surface area is 105 Å². The van der Waals surface area contributed by atoms with E-state index in [4.69, 9.17) is 26.5 Å². The largest absolute Gasteiger partial charge is 0.496 e. The molecule has 1 unspecified atom stereocenters. The summed E-state index contributed by atoms with van der Waals surface area (Å²) in [5, 5.41) is 0.656. The van der Waals surface area contributed by atoms with Gasteiger partial charge in [-0.15, -0.1) is 0 Å². The van der Waals surface area contributed by atoms with Crippen LogP contribution in [0.5, 0.6) is 5.75 Å². The molecule has 0 saturated carbocycles. The number of methoxy groups -OCH3 is 1. The zero-order valence-corrected chi connectivity index (χ0v) is 10.3. The van der Waals surface area contributed by atoms with Crippen molar-refractivity contribution in [1.29, 1.82) is 0 Å². The summed E-state index contributed by atoms with van der Waals surface area (Å²) in [6.07, 6.45) is 4.02. The molecule has 1 heterocycles. The van der Waals surface area contributed by atoms with Crippen molar-refractivity contribution in [2.75, 3.05) is 7.11 Å². The number of nitrogens with two attached hydrogens (primary N) is 1. The van der Waals surface area contributed by atoms with E-state index in [-0.39, 0.29) is 6.04 Å². The molecule has 17 heavy (non-hydrogen) atoms. The summed E-state index contributed by atoms with van der Waals surface area (Å²) in [4.78, 5) is 0. The van der Waals surface area contributed by atoms with E-state index >= 15 is 0 Å². The Morgan fingerprint density at radius 2 is 2.24 bits per heavy atom. The maximum absolute atomic E-state index is 6.15. The first-order chi connectivity index (χ1) is 8.20. The summed E-state index contributed by atoms with van der Waals surface area (Å²) < 4.78 is 10.3. The molecule has 2 rings (SSSR count). The van der Waals surface area contributed by atoms with E-state index in [1.54, 1.807) is 25.7 Å². The fraction of sp³-hybridized carbons (Fsp3) is 0.231. The second-order valence-electron chi connectivity index (χ2n) is 3.83. The highest BCUT2D eigenvalue weighted by Gasteiger charge is 2.13. The zero-order valence-electron chi connectivity index (χ0n) is 9.52. The first-order valence-electron chi connectivity index (χ1n) is 5.31. The van der Waals surface area contributed by atoms with Gasteiger partial charge in [-0.1, -0.05) is 11.6 Å². The van der Waals surface area contributed by atoms with E-state index in [9.17, 15) is 0 Å². The predicted octanol–water partition coefficient (Wildman–Crippen LogP) is 3.18. The van der Waals surface area contributed by atoms with E-state index in [0.29, 0.717) is 11.4 Å². The predicted molar refractivity (Wildman–Crippen MR) is 67.3 cm³/mol. The molecule has 4 heteroatoms. The van der Waals surface area contributed by atoms with Gasteiger partial charge in [0.25, 0.3) is 0 Å². The van der Waals surface area contributed by atoms with Crippen molar-refractivity contribution in [2.24, 2.45) is 5.73 Å². The van der Waals surface area contributed by atoms with Crippen LogP contribution in [0.15, 0.2) is 41.2 Å². The fourth-order valence-electron chi connectivity index (χ4n) is 1.77. The lowest BCUT2D eigenvalue weighted by molar-refractivity contribution is 0.405. The van der Waals surface area contributed by atoms with Crippen molar-refractivity contribution in [3.05, 3.63) is 52.9 Å². The van der Waals surface area contributed by atoms with E-state index in [0.717, 1.165) is 16.9 Å². The second kappa shape index (κ2) is 5.25. The third-order valence-electron chi connectivity index (χ3n) is 2.63. The minimum atomic E-state index is -0.166. The van der Waals surface area contributed by atoms with E-state index < -0.39 is 0 Å². The lowest BCUT2D eigenvalue weighted by atomic mass is 10.0. The van der Waals surface area contributed by atoms with Crippen LogP contribution in [0, 0.1) is 0 Å². The van der Waals surface area contributed by atoms with Crippen LogP contribution in [-0.2, 0) is 6.42 Å². The third kappa shape index (κ3) is 2.81. The van der Waals surface area contributed by atoms with Crippen LogP contribution in [0.2, 0.25) is 5.02 Å². The first kappa shape index (κ1) is 12.0. The molecule has 0 radical (unpaired) electrons. The highest BCUT2D eigenvalue weighted by Crippen LogP contribution is 2.28. The summed E-state index contributed by atoms with van der Waals surface area (Å²) in [6, 6.07) is 7.19. The molecule has 1 atom stereocenters. The lowest BCUT2D eigenvalue weighted by Gasteiger charge is -2.15. The molecule has 0 aliphatic heterocycles. The molecule has 0 amide bonds. The summed E-state index contributed by atoms with van der Waals surface area (Å²) in [5.74, 6) is 0.755. The van der Waals surface area contributed by atoms with Gasteiger partial charge in [-0.3, -0.25) is 0 Å². The van der Waals surface area contributed by atoms with Crippen molar-refractivity contribution in [3.63, 3.8) is 0 Å². The van der Waals surface area contributed by atoms with Crippen molar-refractivity contribution in [3.8, 4) is 5.75 Å². The van der Waals surface area contributed by atoms with Gasteiger partial charge < -0.3 is 14.9 Å². The number of ether oxygens (including phenoxy) is 1. The standard InChI is InChI=1S/C13H14ClNO2/c1-16-13-3-2-10(14)7-11(13)12(15)6-9-4-5-17-8-9/h2-5,7-8,12H,6,15H2,1H3. The average Bonchev–Trinajstić information content (AvgIpc) is 2.81. The average molecular weight is 252 g/mol. The Morgan fingerprint density at radius 3 is 2.88 bits per heavy atom.